The van der Waals surface area contributed by atoms with Crippen LogP contribution >= 0.6 is 0 Å². The number of ether oxygens (including phenoxy) is 2. The molecule has 3 N–H and O–H groups in total. The first kappa shape index (κ1) is 21.6. The predicted molar refractivity (Wildman–Crippen MR) is 94.9 cm³/mol. The molecule has 0 saturated carbocycles. The average molecular weight is 344 g/mol. The maximum absolute atomic E-state index is 9.88. The summed E-state index contributed by atoms with van der Waals surface area (Å²) in [7, 11) is 0. The van der Waals surface area contributed by atoms with E-state index in [0.29, 0.717) is 6.61 Å². The summed E-state index contributed by atoms with van der Waals surface area (Å²) >= 11 is 0. The minimum atomic E-state index is -1.04. The molecule has 1 saturated heterocycles. The van der Waals surface area contributed by atoms with Crippen molar-refractivity contribution < 1.29 is 24.8 Å². The molecule has 0 unspecified atom stereocenters. The van der Waals surface area contributed by atoms with Crippen LogP contribution in [-0.2, 0) is 9.47 Å². The van der Waals surface area contributed by atoms with Crippen LogP contribution in [0, 0.1) is 0 Å². The molecule has 0 radical (unpaired) electrons. The Hall–Kier alpha value is -0.460. The van der Waals surface area contributed by atoms with E-state index in [-0.39, 0.29) is 13.2 Å². The Kier molecular flexibility index (Phi) is 12.4. The molecule has 1 aliphatic rings. The molecular formula is C19H36O5. The van der Waals surface area contributed by atoms with E-state index in [4.69, 9.17) is 9.47 Å². The fraction of sp³-hybridized carbons (Fsp3) is 0.895. The molecule has 0 aromatic rings. The van der Waals surface area contributed by atoms with Gasteiger partial charge in [0, 0.05) is 0 Å². The summed E-state index contributed by atoms with van der Waals surface area (Å²) in [4.78, 5) is 0. The third kappa shape index (κ3) is 9.14. The van der Waals surface area contributed by atoms with E-state index in [1.807, 2.05) is 0 Å². The molecule has 1 aliphatic heterocycles. The van der Waals surface area contributed by atoms with Gasteiger partial charge in [0.05, 0.1) is 19.8 Å². The van der Waals surface area contributed by atoms with Crippen molar-refractivity contribution in [3.05, 3.63) is 12.2 Å². The zero-order valence-electron chi connectivity index (χ0n) is 15.1. The van der Waals surface area contributed by atoms with Gasteiger partial charge in [-0.15, -0.1) is 0 Å². The Balaban J connectivity index is 1.89. The molecule has 1 heterocycles. The fourth-order valence-electron chi connectivity index (χ4n) is 2.87. The first-order valence-corrected chi connectivity index (χ1v) is 9.55. The van der Waals surface area contributed by atoms with Gasteiger partial charge in [-0.25, -0.2) is 0 Å². The Bertz CT molecular complexity index is 321. The van der Waals surface area contributed by atoms with E-state index in [9.17, 15) is 15.3 Å². The second kappa shape index (κ2) is 13.8. The summed E-state index contributed by atoms with van der Waals surface area (Å²) in [5.41, 5.74) is 0. The molecule has 1 rings (SSSR count). The molecule has 5 heteroatoms. The highest BCUT2D eigenvalue weighted by molar-refractivity contribution is 4.88. The summed E-state index contributed by atoms with van der Waals surface area (Å²) in [6.07, 6.45) is 12.0. The third-order valence-corrected chi connectivity index (χ3v) is 4.43. The highest BCUT2D eigenvalue weighted by Crippen LogP contribution is 2.17. The molecule has 0 aliphatic carbocycles. The zero-order chi connectivity index (χ0) is 17.6. The van der Waals surface area contributed by atoms with Gasteiger partial charge in [0.2, 0.25) is 0 Å². The molecule has 0 spiro atoms. The summed E-state index contributed by atoms with van der Waals surface area (Å²) < 4.78 is 10.6. The average Bonchev–Trinajstić information content (AvgIpc) is 2.91. The molecule has 0 amide bonds. The van der Waals surface area contributed by atoms with Crippen LogP contribution in [0.25, 0.3) is 0 Å². The molecule has 0 bridgehead atoms. The van der Waals surface area contributed by atoms with Crippen molar-refractivity contribution in [2.45, 2.75) is 89.1 Å². The van der Waals surface area contributed by atoms with Crippen molar-refractivity contribution >= 4 is 0 Å². The van der Waals surface area contributed by atoms with Crippen LogP contribution in [0.2, 0.25) is 0 Å². The minimum absolute atomic E-state index is 0.0598. The van der Waals surface area contributed by atoms with Crippen LogP contribution in [0.5, 0.6) is 0 Å². The Morgan fingerprint density at radius 3 is 2.38 bits per heavy atom. The Labute approximate surface area is 146 Å². The number of hydrogen-bond donors (Lipinski definition) is 3. The number of aliphatic hydroxyl groups is 3. The lowest BCUT2D eigenvalue weighted by atomic mass is 10.1. The maximum Gasteiger partial charge on any atom is 0.114 e. The number of rotatable bonds is 14. The summed E-state index contributed by atoms with van der Waals surface area (Å²) in [5, 5.41) is 28.9. The van der Waals surface area contributed by atoms with Gasteiger partial charge in [-0.3, -0.25) is 0 Å². The SMILES string of the molecule is CCCCCCCCC/C=C/CCOC[C@H](O)[C@@H]1OC[C@@H](O)[C@@H]1O. The predicted octanol–water partition coefficient (Wildman–Crippen LogP) is 2.57. The van der Waals surface area contributed by atoms with Crippen LogP contribution in [0.1, 0.15) is 64.7 Å². The van der Waals surface area contributed by atoms with Crippen molar-refractivity contribution in [2.24, 2.45) is 0 Å². The first-order valence-electron chi connectivity index (χ1n) is 9.55. The standard InChI is InChI=1S/C19H36O5/c1-2-3-4-5-6-7-8-9-10-11-12-13-23-14-17(21)19-18(22)16(20)15-24-19/h10-11,16-22H,2-9,12-15H2,1H3/b11-10+/t16-,17+,18+,19+/m1/s1. The second-order valence-corrected chi connectivity index (χ2v) is 6.67. The summed E-state index contributed by atoms with van der Waals surface area (Å²) in [6.45, 7) is 2.95. The van der Waals surface area contributed by atoms with Crippen molar-refractivity contribution in [2.75, 3.05) is 19.8 Å². The minimum Gasteiger partial charge on any atom is -0.388 e. The van der Waals surface area contributed by atoms with Crippen molar-refractivity contribution in [3.8, 4) is 0 Å². The summed E-state index contributed by atoms with van der Waals surface area (Å²) in [5.74, 6) is 0. The van der Waals surface area contributed by atoms with Crippen LogP contribution in [0.3, 0.4) is 0 Å². The summed E-state index contributed by atoms with van der Waals surface area (Å²) in [6, 6.07) is 0. The van der Waals surface area contributed by atoms with E-state index in [1.165, 1.54) is 44.9 Å². The van der Waals surface area contributed by atoms with Crippen LogP contribution in [0.15, 0.2) is 12.2 Å². The Morgan fingerprint density at radius 1 is 1.04 bits per heavy atom. The van der Waals surface area contributed by atoms with Gasteiger partial charge in [0.1, 0.15) is 24.4 Å². The molecule has 0 aromatic heterocycles. The van der Waals surface area contributed by atoms with E-state index < -0.39 is 24.4 Å². The van der Waals surface area contributed by atoms with E-state index in [2.05, 4.69) is 19.1 Å². The van der Waals surface area contributed by atoms with Gasteiger partial charge < -0.3 is 24.8 Å². The number of hydrogen-bond acceptors (Lipinski definition) is 5. The molecule has 1 fully saturated rings. The highest BCUT2D eigenvalue weighted by atomic mass is 16.5. The van der Waals surface area contributed by atoms with Crippen LogP contribution < -0.4 is 0 Å². The topological polar surface area (TPSA) is 79.2 Å². The zero-order valence-corrected chi connectivity index (χ0v) is 15.1. The molecule has 5 nitrogen and oxygen atoms in total. The normalized spacial score (nSPS) is 25.6. The molecule has 0 aromatic carbocycles. The van der Waals surface area contributed by atoms with Crippen LogP contribution in [-0.4, -0.2) is 59.6 Å². The fourth-order valence-corrected chi connectivity index (χ4v) is 2.87. The lowest BCUT2D eigenvalue weighted by Crippen LogP contribution is -2.40. The van der Waals surface area contributed by atoms with Crippen molar-refractivity contribution in [3.63, 3.8) is 0 Å². The van der Waals surface area contributed by atoms with Gasteiger partial charge in [-0.2, -0.15) is 0 Å². The number of aliphatic hydroxyl groups excluding tert-OH is 3. The van der Waals surface area contributed by atoms with Crippen molar-refractivity contribution in [1.29, 1.82) is 0 Å². The van der Waals surface area contributed by atoms with E-state index in [0.717, 1.165) is 12.8 Å². The van der Waals surface area contributed by atoms with Gasteiger partial charge in [-0.1, -0.05) is 57.6 Å². The third-order valence-electron chi connectivity index (χ3n) is 4.43. The Morgan fingerprint density at radius 2 is 1.71 bits per heavy atom. The quantitative estimate of drug-likeness (QED) is 0.333. The highest BCUT2D eigenvalue weighted by Gasteiger charge is 2.39. The van der Waals surface area contributed by atoms with E-state index >= 15 is 0 Å². The lowest BCUT2D eigenvalue weighted by Gasteiger charge is -2.20. The molecule has 142 valence electrons. The van der Waals surface area contributed by atoms with Crippen molar-refractivity contribution in [1.82, 2.24) is 0 Å². The second-order valence-electron chi connectivity index (χ2n) is 6.67. The van der Waals surface area contributed by atoms with Gasteiger partial charge in [-0.05, 0) is 19.3 Å². The number of allylic oxidation sites excluding steroid dienone is 1. The van der Waals surface area contributed by atoms with Crippen LogP contribution in [0.4, 0.5) is 0 Å². The molecular weight excluding hydrogens is 308 g/mol. The largest absolute Gasteiger partial charge is 0.388 e. The van der Waals surface area contributed by atoms with Gasteiger partial charge in [0.25, 0.3) is 0 Å². The maximum atomic E-state index is 9.88. The molecule has 24 heavy (non-hydrogen) atoms. The molecule has 4 atom stereocenters. The van der Waals surface area contributed by atoms with Gasteiger partial charge >= 0.3 is 0 Å². The van der Waals surface area contributed by atoms with E-state index in [1.54, 1.807) is 0 Å². The lowest BCUT2D eigenvalue weighted by molar-refractivity contribution is -0.0806. The number of unbranched alkanes of at least 4 members (excludes halogenated alkanes) is 7. The smallest absolute Gasteiger partial charge is 0.114 e. The monoisotopic (exact) mass is 344 g/mol. The first-order chi connectivity index (χ1) is 11.7. The van der Waals surface area contributed by atoms with Gasteiger partial charge in [0.15, 0.2) is 0 Å².